The van der Waals surface area contributed by atoms with E-state index in [9.17, 15) is 10.1 Å². The number of fused-ring (bicyclic) bond motifs is 1. The van der Waals surface area contributed by atoms with Crippen molar-refractivity contribution in [3.8, 4) is 0 Å². The number of imidazole rings is 1. The molecule has 5 aromatic rings. The Labute approximate surface area is 224 Å². The van der Waals surface area contributed by atoms with E-state index in [0.717, 1.165) is 39.8 Å². The van der Waals surface area contributed by atoms with Crippen LogP contribution in [0.5, 0.6) is 0 Å². The van der Waals surface area contributed by atoms with E-state index in [0.29, 0.717) is 10.8 Å². The second-order valence-electron chi connectivity index (χ2n) is 7.79. The average Bonchev–Trinajstić information content (AvgIpc) is 3.58. The lowest BCUT2D eigenvalue weighted by Crippen LogP contribution is -2.04. The molecule has 0 fully saturated rings. The van der Waals surface area contributed by atoms with Crippen LogP contribution in [0.4, 0.5) is 5.82 Å². The second-order valence-corrected chi connectivity index (χ2v) is 11.1. The molecule has 4 aromatic heterocycles. The van der Waals surface area contributed by atoms with Crippen LogP contribution in [0, 0.1) is 17.0 Å². The number of aromatic amines is 1. The predicted octanol–water partition coefficient (Wildman–Crippen LogP) is 5.01. The van der Waals surface area contributed by atoms with E-state index in [2.05, 4.69) is 49.8 Å². The summed E-state index contributed by atoms with van der Waals surface area (Å²) in [6.07, 6.45) is 4.02. The summed E-state index contributed by atoms with van der Waals surface area (Å²) >= 11 is 4.87. The summed E-state index contributed by atoms with van der Waals surface area (Å²) < 4.78 is 1.27. The number of H-pyrrole nitrogens is 1. The molecular weight excluding hydrogens is 531 g/mol. The Kier molecular flexibility index (Phi) is 7.96. The smallest absolute Gasteiger partial charge is 0.358 e. The van der Waals surface area contributed by atoms with Gasteiger partial charge in [-0.1, -0.05) is 51.7 Å². The van der Waals surface area contributed by atoms with Gasteiger partial charge in [0.2, 0.25) is 10.8 Å². The van der Waals surface area contributed by atoms with E-state index in [1.807, 2.05) is 36.5 Å². The largest absolute Gasteiger partial charge is 0.368 e. The van der Waals surface area contributed by atoms with Crippen molar-refractivity contribution >= 4 is 46.8 Å². The van der Waals surface area contributed by atoms with Gasteiger partial charge in [0, 0.05) is 22.9 Å². The van der Waals surface area contributed by atoms with Crippen LogP contribution in [0.25, 0.3) is 5.65 Å². The third-order valence-corrected chi connectivity index (χ3v) is 8.76. The van der Waals surface area contributed by atoms with E-state index in [1.54, 1.807) is 29.6 Å². The number of tetrazole rings is 1. The Morgan fingerprint density at radius 1 is 1.08 bits per heavy atom. The summed E-state index contributed by atoms with van der Waals surface area (Å²) in [5.41, 5.74) is 3.68. The number of pyridine rings is 1. The number of nitro groups is 1. The molecule has 0 bridgehead atoms. The zero-order chi connectivity index (χ0) is 25.6. The van der Waals surface area contributed by atoms with Crippen LogP contribution in [0.15, 0.2) is 76.0 Å². The van der Waals surface area contributed by atoms with Gasteiger partial charge in [-0.05, 0) is 52.5 Å². The van der Waals surface area contributed by atoms with Gasteiger partial charge in [0.15, 0.2) is 0 Å². The van der Waals surface area contributed by atoms with Gasteiger partial charge < -0.3 is 10.1 Å². The molecule has 0 amide bonds. The summed E-state index contributed by atoms with van der Waals surface area (Å²) in [7, 11) is 0. The SMILES string of the molecule is Cc1c(SCCCSc2ccc3ncc([N+](=O)[O-])n3n2)ccnc1C(Sc1nn[nH]n1)c1ccccc1. The third-order valence-electron chi connectivity index (χ3n) is 5.40. The molecule has 11 nitrogen and oxygen atoms in total. The minimum atomic E-state index is -0.480. The first-order valence-corrected chi connectivity index (χ1v) is 14.1. The summed E-state index contributed by atoms with van der Waals surface area (Å²) in [4.78, 5) is 20.6. The van der Waals surface area contributed by atoms with Crippen molar-refractivity contribution in [3.63, 3.8) is 0 Å². The Morgan fingerprint density at radius 2 is 1.92 bits per heavy atom. The molecule has 0 saturated carbocycles. The van der Waals surface area contributed by atoms with E-state index in [-0.39, 0.29) is 11.1 Å². The van der Waals surface area contributed by atoms with E-state index in [4.69, 9.17) is 4.98 Å². The van der Waals surface area contributed by atoms with Crippen LogP contribution < -0.4 is 0 Å². The van der Waals surface area contributed by atoms with Crippen molar-refractivity contribution in [1.82, 2.24) is 40.2 Å². The molecule has 0 aliphatic rings. The fraction of sp³-hybridized carbons (Fsp3) is 0.217. The lowest BCUT2D eigenvalue weighted by Gasteiger charge is -2.18. The highest BCUT2D eigenvalue weighted by atomic mass is 32.2. The van der Waals surface area contributed by atoms with E-state index >= 15 is 0 Å². The molecule has 1 N–H and O–H groups in total. The predicted molar refractivity (Wildman–Crippen MR) is 143 cm³/mol. The number of thioether (sulfide) groups is 3. The van der Waals surface area contributed by atoms with Crippen molar-refractivity contribution < 1.29 is 4.92 Å². The summed E-state index contributed by atoms with van der Waals surface area (Å²) in [5.74, 6) is 1.62. The van der Waals surface area contributed by atoms with Crippen LogP contribution in [0.3, 0.4) is 0 Å². The Balaban J connectivity index is 1.23. The molecule has 0 radical (unpaired) electrons. The van der Waals surface area contributed by atoms with Crippen molar-refractivity contribution in [2.45, 2.75) is 33.7 Å². The second kappa shape index (κ2) is 11.7. The summed E-state index contributed by atoms with van der Waals surface area (Å²) in [6, 6.07) is 15.8. The normalized spacial score (nSPS) is 12.1. The molecule has 188 valence electrons. The van der Waals surface area contributed by atoms with Crippen LogP contribution in [0.1, 0.15) is 28.5 Å². The third kappa shape index (κ3) is 5.92. The molecule has 0 spiro atoms. The molecular formula is C23H21N9O2S3. The number of nitrogens with one attached hydrogen (secondary N) is 1. The van der Waals surface area contributed by atoms with Crippen molar-refractivity contribution in [2.75, 3.05) is 11.5 Å². The minimum Gasteiger partial charge on any atom is -0.358 e. The Bertz CT molecular complexity index is 1500. The standard InChI is InChI=1S/C23H21N9O2S3/c1-15-17(35-12-5-13-36-19-9-8-18-25-14-20(32(33)34)31(18)28-19)10-11-24-21(15)22(16-6-3-2-4-7-16)37-23-26-29-30-27-23/h2-4,6-11,14,22H,5,12-13H2,1H3,(H,26,27,29,30). The molecule has 0 saturated heterocycles. The highest BCUT2D eigenvalue weighted by Gasteiger charge is 2.22. The van der Waals surface area contributed by atoms with Crippen molar-refractivity contribution in [2.24, 2.45) is 0 Å². The lowest BCUT2D eigenvalue weighted by atomic mass is 10.1. The molecule has 1 aromatic carbocycles. The number of nitrogens with zero attached hydrogens (tertiary/aromatic N) is 8. The van der Waals surface area contributed by atoms with Crippen LogP contribution in [0.2, 0.25) is 0 Å². The van der Waals surface area contributed by atoms with E-state index in [1.165, 1.54) is 27.4 Å². The van der Waals surface area contributed by atoms with Gasteiger partial charge in [-0.3, -0.25) is 4.98 Å². The first kappa shape index (κ1) is 25.2. The molecule has 37 heavy (non-hydrogen) atoms. The van der Waals surface area contributed by atoms with Crippen LogP contribution in [-0.2, 0) is 0 Å². The molecule has 0 aliphatic carbocycles. The maximum atomic E-state index is 11.2. The quantitative estimate of drug-likeness (QED) is 0.102. The number of hydrogen-bond acceptors (Lipinski definition) is 11. The molecule has 4 heterocycles. The Morgan fingerprint density at radius 3 is 2.70 bits per heavy atom. The number of rotatable bonds is 11. The van der Waals surface area contributed by atoms with Gasteiger partial charge in [0.25, 0.3) is 0 Å². The van der Waals surface area contributed by atoms with Crippen molar-refractivity contribution in [1.29, 1.82) is 0 Å². The summed E-state index contributed by atoms with van der Waals surface area (Å²) in [6.45, 7) is 2.10. The van der Waals surface area contributed by atoms with Gasteiger partial charge in [-0.2, -0.15) is 5.21 Å². The zero-order valence-electron chi connectivity index (χ0n) is 19.6. The van der Waals surface area contributed by atoms with Crippen LogP contribution in [-0.4, -0.2) is 56.6 Å². The zero-order valence-corrected chi connectivity index (χ0v) is 22.0. The minimum absolute atomic E-state index is 0.0665. The van der Waals surface area contributed by atoms with Gasteiger partial charge in [-0.15, -0.1) is 33.7 Å². The fourth-order valence-corrected chi connectivity index (χ4v) is 6.64. The van der Waals surface area contributed by atoms with Gasteiger partial charge in [0.05, 0.1) is 10.9 Å². The van der Waals surface area contributed by atoms with Gasteiger partial charge in [0.1, 0.15) is 11.2 Å². The number of hydrogen-bond donors (Lipinski definition) is 1. The number of benzene rings is 1. The van der Waals surface area contributed by atoms with Gasteiger partial charge >= 0.3 is 5.82 Å². The highest BCUT2D eigenvalue weighted by Crippen LogP contribution is 2.40. The first-order valence-electron chi connectivity index (χ1n) is 11.3. The van der Waals surface area contributed by atoms with E-state index < -0.39 is 4.92 Å². The monoisotopic (exact) mass is 551 g/mol. The van der Waals surface area contributed by atoms with Gasteiger partial charge in [-0.25, -0.2) is 4.98 Å². The van der Waals surface area contributed by atoms with Crippen LogP contribution >= 0.6 is 35.3 Å². The molecule has 14 heteroatoms. The van der Waals surface area contributed by atoms with Crippen molar-refractivity contribution in [3.05, 3.63) is 87.9 Å². The Hall–Kier alpha value is -3.49. The molecule has 5 rings (SSSR count). The molecule has 0 aliphatic heterocycles. The first-order chi connectivity index (χ1) is 18.1. The average molecular weight is 552 g/mol. The highest BCUT2D eigenvalue weighted by molar-refractivity contribution is 8.00. The topological polar surface area (TPSA) is 141 Å². The molecule has 1 atom stereocenters. The maximum absolute atomic E-state index is 11.2. The molecule has 1 unspecified atom stereocenters. The number of aromatic nitrogens is 8. The summed E-state index contributed by atoms with van der Waals surface area (Å²) in [5, 5.41) is 31.2. The lowest BCUT2D eigenvalue weighted by molar-refractivity contribution is -0.391. The maximum Gasteiger partial charge on any atom is 0.368 e. The fourth-order valence-electron chi connectivity index (χ4n) is 3.64.